The third kappa shape index (κ3) is 3.93. The lowest BCUT2D eigenvalue weighted by molar-refractivity contribution is -0.118. The van der Waals surface area contributed by atoms with Crippen LogP contribution in [0.2, 0.25) is 0 Å². The minimum atomic E-state index is -0.0303. The molecule has 1 aromatic heterocycles. The molecule has 1 heterocycles. The van der Waals surface area contributed by atoms with E-state index >= 15 is 0 Å². The molecule has 0 aliphatic rings. The van der Waals surface area contributed by atoms with Crippen LogP contribution < -0.4 is 5.32 Å². The normalized spacial score (nSPS) is 11.5. The number of amides is 1. The van der Waals surface area contributed by atoms with Gasteiger partial charge < -0.3 is 5.32 Å². The van der Waals surface area contributed by atoms with E-state index in [4.69, 9.17) is 0 Å². The summed E-state index contributed by atoms with van der Waals surface area (Å²) in [6.45, 7) is 10.5. The molecule has 5 nitrogen and oxygen atoms in total. The lowest BCUT2D eigenvalue weighted by Gasteiger charge is -2.19. The second-order valence-electron chi connectivity index (χ2n) is 6.52. The van der Waals surface area contributed by atoms with Gasteiger partial charge in [-0.25, -0.2) is 9.67 Å². The third-order valence-electron chi connectivity index (χ3n) is 3.48. The quantitative estimate of drug-likeness (QED) is 0.944. The largest absolute Gasteiger partial charge is 0.356 e. The first-order valence-corrected chi connectivity index (χ1v) is 7.55. The van der Waals surface area contributed by atoms with Crippen molar-refractivity contribution in [2.24, 2.45) is 0 Å². The first-order valence-electron chi connectivity index (χ1n) is 7.55. The van der Waals surface area contributed by atoms with Gasteiger partial charge in [-0.1, -0.05) is 32.9 Å². The molecule has 2 aromatic rings. The minimum absolute atomic E-state index is 0.0303. The fraction of sp³-hybridized carbons (Fsp3) is 0.471. The molecule has 1 N–H and O–H groups in total. The Morgan fingerprint density at radius 2 is 1.86 bits per heavy atom. The Hall–Kier alpha value is -2.17. The topological polar surface area (TPSA) is 59.8 Å². The summed E-state index contributed by atoms with van der Waals surface area (Å²) in [5.41, 5.74) is 2.41. The lowest BCUT2D eigenvalue weighted by atomic mass is 9.87. The van der Waals surface area contributed by atoms with E-state index in [1.54, 1.807) is 0 Å². The number of carbonyl (C=O) groups excluding carboxylic acids is 1. The summed E-state index contributed by atoms with van der Waals surface area (Å²) in [5, 5.41) is 7.25. The predicted molar refractivity (Wildman–Crippen MR) is 87.2 cm³/mol. The molecule has 0 radical (unpaired) electrons. The van der Waals surface area contributed by atoms with Crippen LogP contribution in [0.5, 0.6) is 0 Å². The Kier molecular flexibility index (Phi) is 4.64. The Labute approximate surface area is 131 Å². The van der Waals surface area contributed by atoms with Gasteiger partial charge in [-0.15, -0.1) is 0 Å². The summed E-state index contributed by atoms with van der Waals surface area (Å²) >= 11 is 0. The summed E-state index contributed by atoms with van der Waals surface area (Å²) in [6, 6.07) is 8.39. The molecule has 1 amide bonds. The van der Waals surface area contributed by atoms with Crippen molar-refractivity contribution < 1.29 is 4.79 Å². The van der Waals surface area contributed by atoms with Gasteiger partial charge in [-0.2, -0.15) is 5.10 Å². The van der Waals surface area contributed by atoms with Crippen LogP contribution in [0.4, 0.5) is 0 Å². The summed E-state index contributed by atoms with van der Waals surface area (Å²) in [4.78, 5) is 15.4. The second-order valence-corrected chi connectivity index (χ2v) is 6.52. The van der Waals surface area contributed by atoms with Gasteiger partial charge in [0, 0.05) is 19.9 Å². The number of hydrogen-bond donors (Lipinski definition) is 1. The molecule has 0 bridgehead atoms. The van der Waals surface area contributed by atoms with Gasteiger partial charge in [0.15, 0.2) is 0 Å². The van der Waals surface area contributed by atoms with Crippen molar-refractivity contribution in [3.8, 4) is 5.69 Å². The molecule has 0 saturated heterocycles. The van der Waals surface area contributed by atoms with E-state index in [-0.39, 0.29) is 11.3 Å². The number of carbonyl (C=O) groups is 1. The van der Waals surface area contributed by atoms with Gasteiger partial charge in [-0.3, -0.25) is 4.79 Å². The van der Waals surface area contributed by atoms with Crippen molar-refractivity contribution in [2.45, 2.75) is 46.5 Å². The van der Waals surface area contributed by atoms with Crippen molar-refractivity contribution >= 4 is 5.91 Å². The number of benzene rings is 1. The molecule has 22 heavy (non-hydrogen) atoms. The van der Waals surface area contributed by atoms with Crippen LogP contribution in [0.15, 0.2) is 24.3 Å². The highest BCUT2D eigenvalue weighted by Gasteiger charge is 2.14. The number of nitrogens with one attached hydrogen (secondary N) is 1. The molecule has 118 valence electrons. The molecule has 0 spiro atoms. The highest BCUT2D eigenvalue weighted by atomic mass is 16.1. The van der Waals surface area contributed by atoms with Crippen molar-refractivity contribution in [3.05, 3.63) is 41.5 Å². The number of aryl methyl sites for hydroxylation is 1. The maximum absolute atomic E-state index is 11.0. The summed E-state index contributed by atoms with van der Waals surface area (Å²) in [5.74, 6) is 1.56. The molecule has 1 aromatic carbocycles. The van der Waals surface area contributed by atoms with Crippen LogP contribution in [-0.4, -0.2) is 27.2 Å². The molecule has 0 aliphatic heterocycles. The second kappa shape index (κ2) is 6.30. The van der Waals surface area contributed by atoms with Crippen molar-refractivity contribution in [1.82, 2.24) is 20.1 Å². The lowest BCUT2D eigenvalue weighted by Crippen LogP contribution is -2.23. The average molecular weight is 300 g/mol. The fourth-order valence-electron chi connectivity index (χ4n) is 2.28. The molecular formula is C17H24N4O. The highest BCUT2D eigenvalue weighted by molar-refractivity contribution is 5.72. The molecule has 0 saturated carbocycles. The zero-order chi connectivity index (χ0) is 16.3. The van der Waals surface area contributed by atoms with Crippen molar-refractivity contribution in [2.75, 3.05) is 6.54 Å². The standard InChI is InChI=1S/C17H24N4O/c1-12-19-16(10-11-18-13(2)22)21(20-12)15-8-6-14(7-9-15)17(3,4)5/h6-9H,10-11H2,1-5H3,(H,18,22). The Bertz CT molecular complexity index is 650. The summed E-state index contributed by atoms with van der Waals surface area (Å²) < 4.78 is 1.85. The maximum atomic E-state index is 11.0. The van der Waals surface area contributed by atoms with E-state index < -0.39 is 0 Å². The van der Waals surface area contributed by atoms with E-state index in [2.05, 4.69) is 60.4 Å². The van der Waals surface area contributed by atoms with Crippen molar-refractivity contribution in [3.63, 3.8) is 0 Å². The average Bonchev–Trinajstić information content (AvgIpc) is 2.79. The van der Waals surface area contributed by atoms with Gasteiger partial charge in [0.25, 0.3) is 0 Å². The molecule has 5 heteroatoms. The number of aromatic nitrogens is 3. The van der Waals surface area contributed by atoms with Gasteiger partial charge in [0.05, 0.1) is 5.69 Å². The monoisotopic (exact) mass is 300 g/mol. The SMILES string of the molecule is CC(=O)NCCc1nc(C)nn1-c1ccc(C(C)(C)C)cc1. The van der Waals surface area contributed by atoms with E-state index in [9.17, 15) is 4.79 Å². The molecule has 0 unspecified atom stereocenters. The smallest absolute Gasteiger partial charge is 0.216 e. The van der Waals surface area contributed by atoms with Gasteiger partial charge >= 0.3 is 0 Å². The molecule has 0 aliphatic carbocycles. The molecular weight excluding hydrogens is 276 g/mol. The number of hydrogen-bond acceptors (Lipinski definition) is 3. The first-order chi connectivity index (χ1) is 10.3. The minimum Gasteiger partial charge on any atom is -0.356 e. The van der Waals surface area contributed by atoms with Crippen LogP contribution in [0.3, 0.4) is 0 Å². The maximum Gasteiger partial charge on any atom is 0.216 e. The van der Waals surface area contributed by atoms with Gasteiger partial charge in [0.1, 0.15) is 11.6 Å². The summed E-state index contributed by atoms with van der Waals surface area (Å²) in [7, 11) is 0. The summed E-state index contributed by atoms with van der Waals surface area (Å²) in [6.07, 6.45) is 0.654. The zero-order valence-electron chi connectivity index (χ0n) is 14.0. The Morgan fingerprint density at radius 1 is 1.23 bits per heavy atom. The number of rotatable bonds is 4. The first kappa shape index (κ1) is 16.2. The van der Waals surface area contributed by atoms with Crippen LogP contribution in [0.25, 0.3) is 5.69 Å². The molecule has 0 atom stereocenters. The predicted octanol–water partition coefficient (Wildman–Crippen LogP) is 2.55. The van der Waals surface area contributed by atoms with E-state index in [0.29, 0.717) is 13.0 Å². The zero-order valence-corrected chi connectivity index (χ0v) is 14.0. The van der Waals surface area contributed by atoms with E-state index in [0.717, 1.165) is 17.3 Å². The molecule has 2 rings (SSSR count). The van der Waals surface area contributed by atoms with E-state index in [1.165, 1.54) is 12.5 Å². The van der Waals surface area contributed by atoms with Crippen LogP contribution >= 0.6 is 0 Å². The Morgan fingerprint density at radius 3 is 2.41 bits per heavy atom. The fourth-order valence-corrected chi connectivity index (χ4v) is 2.28. The van der Waals surface area contributed by atoms with Crippen molar-refractivity contribution in [1.29, 1.82) is 0 Å². The Balaban J connectivity index is 2.23. The highest BCUT2D eigenvalue weighted by Crippen LogP contribution is 2.23. The van der Waals surface area contributed by atoms with Crippen LogP contribution in [0, 0.1) is 6.92 Å². The molecule has 0 fully saturated rings. The van der Waals surface area contributed by atoms with Crippen LogP contribution in [0.1, 0.15) is 44.9 Å². The van der Waals surface area contributed by atoms with E-state index in [1.807, 2.05) is 11.6 Å². The van der Waals surface area contributed by atoms with Crippen LogP contribution in [-0.2, 0) is 16.6 Å². The number of nitrogens with zero attached hydrogens (tertiary/aromatic N) is 3. The van der Waals surface area contributed by atoms with Gasteiger partial charge in [0.2, 0.25) is 5.91 Å². The third-order valence-corrected chi connectivity index (χ3v) is 3.48. The van der Waals surface area contributed by atoms with Gasteiger partial charge in [-0.05, 0) is 30.0 Å².